The van der Waals surface area contributed by atoms with E-state index in [1.165, 1.54) is 6.33 Å². The van der Waals surface area contributed by atoms with E-state index in [0.29, 0.717) is 31.1 Å². The lowest BCUT2D eigenvalue weighted by Crippen LogP contribution is -2.49. The van der Waals surface area contributed by atoms with Crippen LogP contribution in [0.3, 0.4) is 0 Å². The Morgan fingerprint density at radius 2 is 1.83 bits per heavy atom. The molecule has 1 aromatic heterocycles. The maximum Gasteiger partial charge on any atom is 0.322 e. The van der Waals surface area contributed by atoms with Crippen LogP contribution in [0.25, 0.3) is 0 Å². The number of ether oxygens (including phenoxy) is 1. The number of fused-ring (bicyclic) bond motifs is 1. The molecule has 0 aliphatic carbocycles. The number of carboxylic acids is 3. The van der Waals surface area contributed by atoms with E-state index >= 15 is 0 Å². The molecule has 1 saturated heterocycles. The highest BCUT2D eigenvalue weighted by molar-refractivity contribution is 7.80. The lowest BCUT2D eigenvalue weighted by atomic mass is 10.1. The topological polar surface area (TPSA) is 349 Å². The third kappa shape index (κ3) is 12.9. The van der Waals surface area contributed by atoms with Crippen molar-refractivity contribution >= 4 is 54.0 Å². The number of aliphatic hydroxyl groups is 3. The van der Waals surface area contributed by atoms with Gasteiger partial charge in [0, 0.05) is 25.6 Å². The number of carboxylic acid groups (broad SMARTS) is 3. The van der Waals surface area contributed by atoms with E-state index in [9.17, 15) is 34.2 Å². The van der Waals surface area contributed by atoms with E-state index < -0.39 is 72.9 Å². The van der Waals surface area contributed by atoms with E-state index in [-0.39, 0.29) is 37.5 Å². The quantitative estimate of drug-likeness (QED) is 0.0820. The van der Waals surface area contributed by atoms with Crippen LogP contribution < -0.4 is 27.4 Å². The van der Waals surface area contributed by atoms with Crippen LogP contribution in [0.15, 0.2) is 6.33 Å². The van der Waals surface area contributed by atoms with E-state index in [2.05, 4.69) is 33.6 Å². The summed E-state index contributed by atoms with van der Waals surface area (Å²) in [6.45, 7) is -0.0426. The van der Waals surface area contributed by atoms with Crippen molar-refractivity contribution in [3.05, 3.63) is 12.0 Å². The number of thiol groups is 1. The highest BCUT2D eigenvalue weighted by Gasteiger charge is 2.44. The second-order valence-electron chi connectivity index (χ2n) is 10.1. The number of carbonyl (C=O) groups excluding carboxylic acids is 2. The molecule has 0 unspecified atom stereocenters. The minimum absolute atomic E-state index is 0.0256. The molecule has 0 spiro atoms. The lowest BCUT2D eigenvalue weighted by molar-refractivity contribution is -0.139. The van der Waals surface area contributed by atoms with Gasteiger partial charge in [0.05, 0.1) is 19.6 Å². The number of nitrogens with two attached hydrogens (primary N) is 2. The van der Waals surface area contributed by atoms with Crippen molar-refractivity contribution in [2.24, 2.45) is 11.5 Å². The first-order chi connectivity index (χ1) is 22.1. The third-order valence-corrected chi connectivity index (χ3v) is 6.88. The molecular formula is C25H43N9O12S. The predicted molar refractivity (Wildman–Crippen MR) is 166 cm³/mol. The van der Waals surface area contributed by atoms with Crippen LogP contribution in [-0.4, -0.2) is 150 Å². The van der Waals surface area contributed by atoms with Gasteiger partial charge >= 0.3 is 17.9 Å². The number of anilines is 1. The van der Waals surface area contributed by atoms with E-state index in [1.807, 2.05) is 0 Å². The minimum atomic E-state index is -1.22. The van der Waals surface area contributed by atoms with Crippen molar-refractivity contribution in [3.8, 4) is 0 Å². The monoisotopic (exact) mass is 693 g/mol. The van der Waals surface area contributed by atoms with Gasteiger partial charge in [-0.3, -0.25) is 33.9 Å². The van der Waals surface area contributed by atoms with Gasteiger partial charge in [0.1, 0.15) is 48.5 Å². The van der Waals surface area contributed by atoms with Crippen LogP contribution >= 0.6 is 12.6 Å². The Morgan fingerprint density at radius 3 is 2.32 bits per heavy atom. The number of aliphatic hydroxyl groups excluding tert-OH is 3. The fourth-order valence-electron chi connectivity index (χ4n) is 3.88. The SMILES string of the molecule is CN1CNc2c(ncn2[C@@H]2O[C@H](CO)[C@@H](O)[C@H]2O)C1=N.NCCCC(=O)O.N[C@@H](CCC(=O)N[C@@H](CS)C(=O)NCC(=O)O)C(=O)O. The number of rotatable bonds is 14. The Morgan fingerprint density at radius 1 is 1.17 bits per heavy atom. The molecule has 2 amide bonds. The third-order valence-electron chi connectivity index (χ3n) is 6.52. The number of aromatic nitrogens is 2. The average Bonchev–Trinajstić information content (AvgIpc) is 3.58. The van der Waals surface area contributed by atoms with Crippen LogP contribution in [0.1, 0.15) is 37.6 Å². The summed E-state index contributed by atoms with van der Waals surface area (Å²) in [5.41, 5.74) is 10.7. The van der Waals surface area contributed by atoms with Crippen LogP contribution in [0, 0.1) is 5.41 Å². The Labute approximate surface area is 274 Å². The second-order valence-corrected chi connectivity index (χ2v) is 10.5. The van der Waals surface area contributed by atoms with Crippen LogP contribution in [-0.2, 0) is 28.7 Å². The number of carbonyl (C=O) groups is 5. The summed E-state index contributed by atoms with van der Waals surface area (Å²) < 4.78 is 7.00. The molecule has 47 heavy (non-hydrogen) atoms. The number of amides is 2. The van der Waals surface area contributed by atoms with Crippen molar-refractivity contribution in [1.29, 1.82) is 5.41 Å². The number of amidine groups is 1. The molecule has 2 aliphatic rings. The maximum absolute atomic E-state index is 11.5. The summed E-state index contributed by atoms with van der Waals surface area (Å²) in [6.07, 6.45) is -2.02. The van der Waals surface area contributed by atoms with Gasteiger partial charge in [-0.05, 0) is 19.4 Å². The molecule has 6 atom stereocenters. The van der Waals surface area contributed by atoms with Gasteiger partial charge < -0.3 is 67.7 Å². The Kier molecular flexibility index (Phi) is 17.6. The molecule has 1 fully saturated rings. The molecule has 0 saturated carbocycles. The largest absolute Gasteiger partial charge is 0.481 e. The molecule has 0 aromatic carbocycles. The molecule has 14 N–H and O–H groups in total. The first-order valence-corrected chi connectivity index (χ1v) is 14.8. The van der Waals surface area contributed by atoms with E-state index in [4.69, 9.17) is 42.0 Å². The highest BCUT2D eigenvalue weighted by atomic mass is 32.1. The number of nitrogens with zero attached hydrogens (tertiary/aromatic N) is 3. The Hall–Kier alpha value is -4.06. The first kappa shape index (κ1) is 41.0. The normalized spacial score (nSPS) is 21.0. The number of hydrogen-bond acceptors (Lipinski definition) is 15. The number of imidazole rings is 1. The summed E-state index contributed by atoms with van der Waals surface area (Å²) in [5.74, 6) is -3.65. The number of aliphatic carboxylic acids is 3. The molecule has 21 nitrogen and oxygen atoms in total. The zero-order chi connectivity index (χ0) is 35.8. The van der Waals surface area contributed by atoms with Gasteiger partial charge in [0.15, 0.2) is 12.1 Å². The Bertz CT molecular complexity index is 1240. The van der Waals surface area contributed by atoms with Gasteiger partial charge in [-0.2, -0.15) is 12.6 Å². The predicted octanol–water partition coefficient (Wildman–Crippen LogP) is -4.26. The lowest BCUT2D eigenvalue weighted by Gasteiger charge is -2.28. The van der Waals surface area contributed by atoms with Gasteiger partial charge in [0.2, 0.25) is 11.8 Å². The highest BCUT2D eigenvalue weighted by Crippen LogP contribution is 2.33. The molecule has 266 valence electrons. The van der Waals surface area contributed by atoms with Crippen molar-refractivity contribution < 1.29 is 59.3 Å². The van der Waals surface area contributed by atoms with Crippen molar-refractivity contribution in [2.45, 2.75) is 62.3 Å². The van der Waals surface area contributed by atoms with Crippen LogP contribution in [0.2, 0.25) is 0 Å². The fourth-order valence-corrected chi connectivity index (χ4v) is 4.13. The summed E-state index contributed by atoms with van der Waals surface area (Å²) in [5, 5.41) is 69.3. The van der Waals surface area contributed by atoms with Crippen LogP contribution in [0.4, 0.5) is 5.82 Å². The molecule has 22 heteroatoms. The zero-order valence-corrected chi connectivity index (χ0v) is 26.4. The molecule has 1 aromatic rings. The van der Waals surface area contributed by atoms with Gasteiger partial charge in [0.25, 0.3) is 0 Å². The van der Waals surface area contributed by atoms with Gasteiger partial charge in [-0.25, -0.2) is 4.98 Å². The first-order valence-electron chi connectivity index (χ1n) is 14.1. The summed E-state index contributed by atoms with van der Waals surface area (Å²) >= 11 is 3.87. The standard InChI is InChI=1S/C11H17N5O4.C10H17N3O6S.C4H9NO2/c1-15-3-14-10-6(9(15)12)13-4-16(10)11-8(19)7(18)5(2-17)20-11;11-5(10(18)19)1-2-7(14)13-6(4-20)9(17)12-3-8(15)16;5-3-1-2-4(6)7/h4-5,7-8,11-12,14,17-19H,2-3H2,1H3;5-6,20H,1-4,11H2,(H,12,17)(H,13,14)(H,15,16)(H,18,19);1-3,5H2,(H,6,7)/t5-,7-,8-,11-;5-,6-;/m10./s1. The zero-order valence-electron chi connectivity index (χ0n) is 25.5. The molecular weight excluding hydrogens is 650 g/mol. The number of nitrogens with one attached hydrogen (secondary N) is 4. The van der Waals surface area contributed by atoms with E-state index in [1.54, 1.807) is 16.5 Å². The smallest absolute Gasteiger partial charge is 0.322 e. The number of hydrogen-bond donors (Lipinski definition) is 13. The average molecular weight is 694 g/mol. The fraction of sp³-hybridized carbons (Fsp3) is 0.640. The van der Waals surface area contributed by atoms with E-state index in [0.717, 1.165) is 0 Å². The van der Waals surface area contributed by atoms with Crippen LogP contribution in [0.5, 0.6) is 0 Å². The summed E-state index contributed by atoms with van der Waals surface area (Å²) in [6, 6.07) is -2.15. The molecule has 2 aliphatic heterocycles. The Balaban J connectivity index is 0.000000392. The summed E-state index contributed by atoms with van der Waals surface area (Å²) in [7, 11) is 1.77. The van der Waals surface area contributed by atoms with Crippen molar-refractivity contribution in [2.75, 3.05) is 44.5 Å². The van der Waals surface area contributed by atoms with Gasteiger partial charge in [-0.15, -0.1) is 0 Å². The van der Waals surface area contributed by atoms with Crippen molar-refractivity contribution in [1.82, 2.24) is 25.1 Å². The molecule has 3 rings (SSSR count). The second kappa shape index (κ2) is 20.2. The maximum atomic E-state index is 11.5. The van der Waals surface area contributed by atoms with Crippen molar-refractivity contribution in [3.63, 3.8) is 0 Å². The molecule has 0 radical (unpaired) electrons. The minimum Gasteiger partial charge on any atom is -0.481 e. The summed E-state index contributed by atoms with van der Waals surface area (Å²) in [4.78, 5) is 59.3. The van der Waals surface area contributed by atoms with Gasteiger partial charge in [-0.1, -0.05) is 0 Å². The molecule has 3 heterocycles. The molecule has 0 bridgehead atoms.